The van der Waals surface area contributed by atoms with E-state index in [1.807, 2.05) is 0 Å². The first-order chi connectivity index (χ1) is 14.5. The van der Waals surface area contributed by atoms with Gasteiger partial charge in [-0.15, -0.1) is 0 Å². The molecule has 0 aliphatic carbocycles. The zero-order valence-electron chi connectivity index (χ0n) is 15.7. The summed E-state index contributed by atoms with van der Waals surface area (Å²) < 4.78 is 25.2. The Bertz CT molecular complexity index is 1260. The van der Waals surface area contributed by atoms with Crippen molar-refractivity contribution in [2.24, 2.45) is 0 Å². The predicted octanol–water partition coefficient (Wildman–Crippen LogP) is 5.72. The van der Waals surface area contributed by atoms with Crippen LogP contribution in [0.3, 0.4) is 0 Å². The van der Waals surface area contributed by atoms with E-state index in [9.17, 15) is 14.0 Å². The zero-order chi connectivity index (χ0) is 21.3. The minimum atomic E-state index is -0.705. The van der Waals surface area contributed by atoms with Crippen molar-refractivity contribution in [3.8, 4) is 5.75 Å². The molecule has 4 rings (SSSR count). The first-order valence-corrected chi connectivity index (χ1v) is 9.33. The van der Waals surface area contributed by atoms with Gasteiger partial charge in [-0.2, -0.15) is 0 Å². The minimum Gasteiger partial charge on any atom is -0.493 e. The lowest BCUT2D eigenvalue weighted by molar-refractivity contribution is 0.101. The molecule has 0 spiro atoms. The summed E-state index contributed by atoms with van der Waals surface area (Å²) >= 11 is 5.91. The summed E-state index contributed by atoms with van der Waals surface area (Å²) in [7, 11) is 1.47. The average Bonchev–Trinajstić information content (AvgIpc) is 3.12. The van der Waals surface area contributed by atoms with Crippen molar-refractivity contribution < 1.29 is 23.1 Å². The third kappa shape index (κ3) is 3.53. The van der Waals surface area contributed by atoms with E-state index in [0.29, 0.717) is 27.3 Å². The molecule has 4 aromatic rings. The maximum atomic E-state index is 14.1. The third-order valence-corrected chi connectivity index (χ3v) is 4.82. The van der Waals surface area contributed by atoms with Crippen LogP contribution in [0.1, 0.15) is 26.5 Å². The summed E-state index contributed by atoms with van der Waals surface area (Å²) in [6.45, 7) is 0. The monoisotopic (exact) mass is 423 g/mol. The predicted molar refractivity (Wildman–Crippen MR) is 112 cm³/mol. The molecule has 0 aliphatic rings. The molecule has 0 atom stereocenters. The highest BCUT2D eigenvalue weighted by Crippen LogP contribution is 2.37. The van der Waals surface area contributed by atoms with E-state index in [0.717, 1.165) is 0 Å². The molecule has 1 N–H and O–H groups in total. The molecule has 5 nitrogen and oxygen atoms in total. The quantitative estimate of drug-likeness (QED) is 0.417. The van der Waals surface area contributed by atoms with Crippen molar-refractivity contribution in [2.75, 3.05) is 12.4 Å². The van der Waals surface area contributed by atoms with Crippen molar-refractivity contribution in [3.05, 3.63) is 94.5 Å². The molecule has 150 valence electrons. The van der Waals surface area contributed by atoms with Gasteiger partial charge in [0.2, 0.25) is 5.78 Å². The van der Waals surface area contributed by atoms with Crippen LogP contribution in [0.5, 0.6) is 5.75 Å². The van der Waals surface area contributed by atoms with Gasteiger partial charge in [-0.25, -0.2) is 4.39 Å². The number of carbonyl (C=O) groups is 2. The van der Waals surface area contributed by atoms with Crippen molar-refractivity contribution in [3.63, 3.8) is 0 Å². The number of ether oxygens (including phenoxy) is 1. The summed E-state index contributed by atoms with van der Waals surface area (Å²) in [5.41, 5.74) is 0.594. The number of methoxy groups -OCH3 is 1. The van der Waals surface area contributed by atoms with Gasteiger partial charge in [0.1, 0.15) is 5.82 Å². The van der Waals surface area contributed by atoms with E-state index in [-0.39, 0.29) is 17.0 Å². The summed E-state index contributed by atoms with van der Waals surface area (Å²) in [5.74, 6) is -1.55. The third-order valence-electron chi connectivity index (χ3n) is 4.57. The maximum Gasteiger partial charge on any atom is 0.258 e. The number of rotatable bonds is 5. The van der Waals surface area contributed by atoms with Crippen LogP contribution in [0.4, 0.5) is 10.1 Å². The van der Waals surface area contributed by atoms with Crippen LogP contribution >= 0.6 is 11.6 Å². The number of hydrogen-bond acceptors (Lipinski definition) is 4. The van der Waals surface area contributed by atoms with Crippen molar-refractivity contribution in [1.82, 2.24) is 0 Å². The highest BCUT2D eigenvalue weighted by atomic mass is 35.5. The largest absolute Gasteiger partial charge is 0.493 e. The fourth-order valence-corrected chi connectivity index (χ4v) is 3.22. The average molecular weight is 424 g/mol. The Balaban J connectivity index is 1.85. The fraction of sp³-hybridized carbons (Fsp3) is 0.0435. The Morgan fingerprint density at radius 1 is 1.00 bits per heavy atom. The SMILES string of the molecule is COc1cccc2c(NC(=O)c3ccccc3F)c(C(=O)c3ccc(Cl)cc3)oc12. The van der Waals surface area contributed by atoms with E-state index in [2.05, 4.69) is 5.32 Å². The molecule has 0 fully saturated rings. The van der Waals surface area contributed by atoms with E-state index in [1.54, 1.807) is 48.5 Å². The number of furan rings is 1. The highest BCUT2D eigenvalue weighted by Gasteiger charge is 2.26. The number of carbonyl (C=O) groups excluding carboxylic acids is 2. The van der Waals surface area contributed by atoms with Gasteiger partial charge in [0.05, 0.1) is 18.4 Å². The second kappa shape index (κ2) is 8.00. The topological polar surface area (TPSA) is 68.5 Å². The van der Waals surface area contributed by atoms with Gasteiger partial charge in [-0.3, -0.25) is 9.59 Å². The van der Waals surface area contributed by atoms with Gasteiger partial charge in [0.25, 0.3) is 5.91 Å². The van der Waals surface area contributed by atoms with Gasteiger partial charge >= 0.3 is 0 Å². The molecule has 0 saturated carbocycles. The van der Waals surface area contributed by atoms with Gasteiger partial charge in [-0.1, -0.05) is 29.8 Å². The number of halogens is 2. The van der Waals surface area contributed by atoms with Crippen LogP contribution in [0.25, 0.3) is 11.0 Å². The van der Waals surface area contributed by atoms with E-state index < -0.39 is 17.5 Å². The second-order valence-corrected chi connectivity index (χ2v) is 6.85. The molecule has 1 amide bonds. The smallest absolute Gasteiger partial charge is 0.258 e. The van der Waals surface area contributed by atoms with Crippen LogP contribution in [0, 0.1) is 5.82 Å². The number of hydrogen-bond donors (Lipinski definition) is 1. The number of benzene rings is 3. The maximum absolute atomic E-state index is 14.1. The Morgan fingerprint density at radius 3 is 2.43 bits per heavy atom. The molecule has 1 aromatic heterocycles. The first-order valence-electron chi connectivity index (χ1n) is 8.95. The van der Waals surface area contributed by atoms with E-state index in [1.165, 1.54) is 25.3 Å². The number of amides is 1. The van der Waals surface area contributed by atoms with Gasteiger partial charge in [0.15, 0.2) is 17.1 Å². The highest BCUT2D eigenvalue weighted by molar-refractivity contribution is 6.30. The fourth-order valence-electron chi connectivity index (χ4n) is 3.10. The van der Waals surface area contributed by atoms with Crippen molar-refractivity contribution in [2.45, 2.75) is 0 Å². The molecular weight excluding hydrogens is 409 g/mol. The van der Waals surface area contributed by atoms with Crippen LogP contribution in [-0.4, -0.2) is 18.8 Å². The Morgan fingerprint density at radius 2 is 1.73 bits per heavy atom. The van der Waals surface area contributed by atoms with Gasteiger partial charge < -0.3 is 14.5 Å². The lowest BCUT2D eigenvalue weighted by Crippen LogP contribution is -2.15. The Hall–Kier alpha value is -3.64. The van der Waals surface area contributed by atoms with Crippen LogP contribution in [-0.2, 0) is 0 Å². The standard InChI is InChI=1S/C23H15ClFNO4/c1-29-18-8-4-6-16-19(26-23(28)15-5-2-3-7-17(15)25)22(30-21(16)18)20(27)13-9-11-14(24)12-10-13/h2-12H,1H3,(H,26,28). The molecular formula is C23H15ClFNO4. The molecule has 0 unspecified atom stereocenters. The number of anilines is 1. The second-order valence-electron chi connectivity index (χ2n) is 6.41. The van der Waals surface area contributed by atoms with Crippen LogP contribution < -0.4 is 10.1 Å². The number of para-hydroxylation sites is 1. The van der Waals surface area contributed by atoms with E-state index in [4.69, 9.17) is 20.8 Å². The Kier molecular flexibility index (Phi) is 5.25. The molecule has 7 heteroatoms. The summed E-state index contributed by atoms with van der Waals surface area (Å²) in [5, 5.41) is 3.56. The molecule has 0 bridgehead atoms. The van der Waals surface area contributed by atoms with Gasteiger partial charge in [0, 0.05) is 16.0 Å². The molecule has 30 heavy (non-hydrogen) atoms. The normalized spacial score (nSPS) is 10.8. The van der Waals surface area contributed by atoms with E-state index >= 15 is 0 Å². The Labute approximate surface area is 176 Å². The number of fused-ring (bicyclic) bond motifs is 1. The van der Waals surface area contributed by atoms with Crippen molar-refractivity contribution >= 4 is 39.9 Å². The molecule has 0 aliphatic heterocycles. The first kappa shape index (κ1) is 19.7. The lowest BCUT2D eigenvalue weighted by atomic mass is 10.1. The summed E-state index contributed by atoms with van der Waals surface area (Å²) in [6.07, 6.45) is 0. The summed E-state index contributed by atoms with van der Waals surface area (Å²) in [6, 6.07) is 16.9. The van der Waals surface area contributed by atoms with Gasteiger partial charge in [-0.05, 0) is 48.5 Å². The van der Waals surface area contributed by atoms with Crippen LogP contribution in [0.15, 0.2) is 71.1 Å². The minimum absolute atomic E-state index is 0.0958. The molecule has 3 aromatic carbocycles. The lowest BCUT2D eigenvalue weighted by Gasteiger charge is -2.07. The summed E-state index contributed by atoms with van der Waals surface area (Å²) in [4.78, 5) is 25.9. The number of nitrogens with one attached hydrogen (secondary N) is 1. The van der Waals surface area contributed by atoms with Crippen LogP contribution in [0.2, 0.25) is 5.02 Å². The molecule has 0 saturated heterocycles. The van der Waals surface area contributed by atoms with Crippen molar-refractivity contribution in [1.29, 1.82) is 0 Å². The molecule has 0 radical (unpaired) electrons. The number of ketones is 1. The molecule has 1 heterocycles. The zero-order valence-corrected chi connectivity index (χ0v) is 16.5.